The highest BCUT2D eigenvalue weighted by Crippen LogP contribution is 2.31. The Kier molecular flexibility index (Phi) is 3.25. The number of pyridine rings is 1. The summed E-state index contributed by atoms with van der Waals surface area (Å²) in [7, 11) is 0. The molecule has 0 aliphatic carbocycles. The lowest BCUT2D eigenvalue weighted by Gasteiger charge is -2.09. The summed E-state index contributed by atoms with van der Waals surface area (Å²) in [4.78, 5) is 4.08. The van der Waals surface area contributed by atoms with Crippen LogP contribution in [0, 0.1) is 11.6 Å². The first-order valence-electron chi connectivity index (χ1n) is 6.20. The molecular formula is C17H11F2N. The molecule has 0 fully saturated rings. The second-order valence-electron chi connectivity index (χ2n) is 4.44. The van der Waals surface area contributed by atoms with Crippen molar-refractivity contribution in [3.63, 3.8) is 0 Å². The quantitative estimate of drug-likeness (QED) is 0.656. The van der Waals surface area contributed by atoms with Gasteiger partial charge in [0.15, 0.2) is 0 Å². The van der Waals surface area contributed by atoms with E-state index in [9.17, 15) is 8.78 Å². The second kappa shape index (κ2) is 5.21. The summed E-state index contributed by atoms with van der Waals surface area (Å²) in [5.41, 5.74) is 3.06. The molecular weight excluding hydrogens is 256 g/mol. The van der Waals surface area contributed by atoms with Crippen molar-refractivity contribution in [3.8, 4) is 22.3 Å². The van der Waals surface area contributed by atoms with E-state index in [2.05, 4.69) is 4.98 Å². The van der Waals surface area contributed by atoms with Crippen LogP contribution in [0.1, 0.15) is 0 Å². The monoisotopic (exact) mass is 267 g/mol. The summed E-state index contributed by atoms with van der Waals surface area (Å²) in [6.45, 7) is 0. The van der Waals surface area contributed by atoms with Crippen molar-refractivity contribution in [2.75, 3.05) is 0 Å². The van der Waals surface area contributed by atoms with E-state index in [0.717, 1.165) is 22.3 Å². The molecule has 0 amide bonds. The van der Waals surface area contributed by atoms with Gasteiger partial charge in [-0.3, -0.25) is 4.98 Å². The van der Waals surface area contributed by atoms with E-state index in [4.69, 9.17) is 0 Å². The average molecular weight is 267 g/mol. The molecule has 3 heteroatoms. The minimum atomic E-state index is -0.309. The largest absolute Gasteiger partial charge is 0.264 e. The molecule has 2 aromatic carbocycles. The number of aromatic nitrogens is 1. The summed E-state index contributed by atoms with van der Waals surface area (Å²) in [6, 6.07) is 14.4. The summed E-state index contributed by atoms with van der Waals surface area (Å²) in [5, 5.41) is 0. The van der Waals surface area contributed by atoms with E-state index in [-0.39, 0.29) is 11.6 Å². The highest BCUT2D eigenvalue weighted by Gasteiger charge is 2.08. The van der Waals surface area contributed by atoms with Crippen LogP contribution >= 0.6 is 0 Å². The number of hydrogen-bond acceptors (Lipinski definition) is 1. The van der Waals surface area contributed by atoms with Crippen LogP contribution < -0.4 is 0 Å². The maximum absolute atomic E-state index is 13.4. The zero-order chi connectivity index (χ0) is 13.9. The van der Waals surface area contributed by atoms with Gasteiger partial charge in [-0.05, 0) is 47.0 Å². The molecule has 0 spiro atoms. The third kappa shape index (κ3) is 2.43. The first-order chi connectivity index (χ1) is 9.74. The zero-order valence-electron chi connectivity index (χ0n) is 10.6. The van der Waals surface area contributed by atoms with Crippen LogP contribution in [0.15, 0.2) is 67.0 Å². The van der Waals surface area contributed by atoms with Gasteiger partial charge in [-0.2, -0.15) is 0 Å². The van der Waals surface area contributed by atoms with Crippen LogP contribution in [-0.4, -0.2) is 4.98 Å². The number of rotatable bonds is 2. The predicted octanol–water partition coefficient (Wildman–Crippen LogP) is 4.69. The fourth-order valence-electron chi connectivity index (χ4n) is 2.19. The molecule has 0 saturated carbocycles. The summed E-state index contributed by atoms with van der Waals surface area (Å²) >= 11 is 0. The van der Waals surface area contributed by atoms with Gasteiger partial charge in [-0.15, -0.1) is 0 Å². The molecule has 0 aliphatic rings. The normalized spacial score (nSPS) is 10.5. The lowest BCUT2D eigenvalue weighted by Crippen LogP contribution is -1.88. The Balaban J connectivity index is 2.18. The van der Waals surface area contributed by atoms with Crippen LogP contribution in [0.2, 0.25) is 0 Å². The topological polar surface area (TPSA) is 12.9 Å². The summed E-state index contributed by atoms with van der Waals surface area (Å²) in [5.74, 6) is -0.610. The van der Waals surface area contributed by atoms with E-state index in [1.165, 1.54) is 24.3 Å². The van der Waals surface area contributed by atoms with Crippen LogP contribution in [0.25, 0.3) is 22.3 Å². The highest BCUT2D eigenvalue weighted by molar-refractivity contribution is 5.82. The van der Waals surface area contributed by atoms with Crippen molar-refractivity contribution in [3.05, 3.63) is 78.6 Å². The van der Waals surface area contributed by atoms with Crippen molar-refractivity contribution in [2.45, 2.75) is 0 Å². The number of benzene rings is 2. The Morgan fingerprint density at radius 3 is 1.90 bits per heavy atom. The van der Waals surface area contributed by atoms with Gasteiger partial charge in [0.1, 0.15) is 11.6 Å². The van der Waals surface area contributed by atoms with Gasteiger partial charge in [0, 0.05) is 18.0 Å². The first-order valence-corrected chi connectivity index (χ1v) is 6.20. The van der Waals surface area contributed by atoms with Crippen molar-refractivity contribution in [1.82, 2.24) is 4.98 Å². The third-order valence-corrected chi connectivity index (χ3v) is 3.09. The molecule has 20 heavy (non-hydrogen) atoms. The standard InChI is InChI=1S/C17H11F2N/c18-14-5-1-3-12(9-14)16-7-8-20-11-17(16)13-4-2-6-15(19)10-13/h1-11H. The van der Waals surface area contributed by atoms with E-state index >= 15 is 0 Å². The number of nitrogens with zero attached hydrogens (tertiary/aromatic N) is 1. The Labute approximate surface area is 115 Å². The molecule has 3 aromatic rings. The Hall–Kier alpha value is -2.55. The Morgan fingerprint density at radius 2 is 1.30 bits per heavy atom. The molecule has 0 unspecified atom stereocenters. The second-order valence-corrected chi connectivity index (χ2v) is 4.44. The lowest BCUT2D eigenvalue weighted by molar-refractivity contribution is 0.627. The fraction of sp³-hybridized carbons (Fsp3) is 0. The minimum absolute atomic E-state index is 0.301. The number of halogens is 2. The SMILES string of the molecule is Fc1cccc(-c2ccncc2-c2cccc(F)c2)c1. The van der Waals surface area contributed by atoms with Gasteiger partial charge < -0.3 is 0 Å². The van der Waals surface area contributed by atoms with Crippen molar-refractivity contribution in [1.29, 1.82) is 0 Å². The molecule has 3 rings (SSSR count). The van der Waals surface area contributed by atoms with Crippen molar-refractivity contribution in [2.24, 2.45) is 0 Å². The van der Waals surface area contributed by atoms with Gasteiger partial charge in [0.2, 0.25) is 0 Å². The van der Waals surface area contributed by atoms with Crippen LogP contribution in [0.4, 0.5) is 8.78 Å². The molecule has 0 atom stereocenters. The predicted molar refractivity (Wildman–Crippen MR) is 75.0 cm³/mol. The van der Waals surface area contributed by atoms with E-state index < -0.39 is 0 Å². The fourth-order valence-corrected chi connectivity index (χ4v) is 2.19. The molecule has 0 radical (unpaired) electrons. The summed E-state index contributed by atoms with van der Waals surface area (Å²) < 4.78 is 26.7. The lowest BCUT2D eigenvalue weighted by atomic mass is 9.96. The Morgan fingerprint density at radius 1 is 0.700 bits per heavy atom. The third-order valence-electron chi connectivity index (χ3n) is 3.09. The molecule has 1 aromatic heterocycles. The molecule has 98 valence electrons. The van der Waals surface area contributed by atoms with E-state index in [1.807, 2.05) is 12.1 Å². The van der Waals surface area contributed by atoms with Gasteiger partial charge in [-0.1, -0.05) is 24.3 Å². The highest BCUT2D eigenvalue weighted by atomic mass is 19.1. The molecule has 0 N–H and O–H groups in total. The van der Waals surface area contributed by atoms with Crippen LogP contribution in [-0.2, 0) is 0 Å². The van der Waals surface area contributed by atoms with Crippen molar-refractivity contribution < 1.29 is 8.78 Å². The maximum atomic E-state index is 13.4. The minimum Gasteiger partial charge on any atom is -0.264 e. The maximum Gasteiger partial charge on any atom is 0.123 e. The van der Waals surface area contributed by atoms with Crippen LogP contribution in [0.5, 0.6) is 0 Å². The van der Waals surface area contributed by atoms with Crippen LogP contribution in [0.3, 0.4) is 0 Å². The van der Waals surface area contributed by atoms with Gasteiger partial charge in [-0.25, -0.2) is 8.78 Å². The molecule has 1 heterocycles. The molecule has 0 aliphatic heterocycles. The van der Waals surface area contributed by atoms with Gasteiger partial charge in [0.05, 0.1) is 0 Å². The van der Waals surface area contributed by atoms with Gasteiger partial charge >= 0.3 is 0 Å². The number of hydrogen-bond donors (Lipinski definition) is 0. The van der Waals surface area contributed by atoms with Crippen molar-refractivity contribution >= 4 is 0 Å². The van der Waals surface area contributed by atoms with E-state index in [1.54, 1.807) is 30.6 Å². The summed E-state index contributed by atoms with van der Waals surface area (Å²) in [6.07, 6.45) is 3.30. The zero-order valence-corrected chi connectivity index (χ0v) is 10.6. The van der Waals surface area contributed by atoms with E-state index in [0.29, 0.717) is 0 Å². The molecule has 1 nitrogen and oxygen atoms in total. The molecule has 0 saturated heterocycles. The average Bonchev–Trinajstić information content (AvgIpc) is 2.47. The molecule has 0 bridgehead atoms. The van der Waals surface area contributed by atoms with Gasteiger partial charge in [0.25, 0.3) is 0 Å². The smallest absolute Gasteiger partial charge is 0.123 e. The first kappa shape index (κ1) is 12.5. The Bertz CT molecular complexity index is 689.